The molecule has 0 aliphatic rings. The van der Waals surface area contributed by atoms with Crippen LogP contribution in [0.4, 0.5) is 18.9 Å². The fourth-order valence-electron chi connectivity index (χ4n) is 1.90. The van der Waals surface area contributed by atoms with Gasteiger partial charge in [-0.3, -0.25) is 9.10 Å². The van der Waals surface area contributed by atoms with Gasteiger partial charge in [0.1, 0.15) is 0 Å². The molecule has 24 heavy (non-hydrogen) atoms. The third-order valence-corrected chi connectivity index (χ3v) is 4.33. The SMILES string of the molecule is C=CCNC(=O)CCN(c1ccc(Cl)cc1C(F)(F)F)S(C)(=O)=O. The van der Waals surface area contributed by atoms with E-state index in [0.717, 1.165) is 18.4 Å². The number of benzene rings is 1. The minimum atomic E-state index is -4.80. The van der Waals surface area contributed by atoms with Gasteiger partial charge < -0.3 is 5.32 Å². The minimum absolute atomic E-state index is 0.173. The van der Waals surface area contributed by atoms with Crippen LogP contribution in [-0.2, 0) is 21.0 Å². The van der Waals surface area contributed by atoms with E-state index in [1.807, 2.05) is 0 Å². The number of anilines is 1. The first-order valence-electron chi connectivity index (χ1n) is 6.69. The van der Waals surface area contributed by atoms with Crippen LogP contribution in [0.25, 0.3) is 0 Å². The predicted octanol–water partition coefficient (Wildman–Crippen LogP) is 2.82. The predicted molar refractivity (Wildman–Crippen MR) is 86.5 cm³/mol. The van der Waals surface area contributed by atoms with Crippen molar-refractivity contribution in [1.82, 2.24) is 5.32 Å². The van der Waals surface area contributed by atoms with E-state index in [0.29, 0.717) is 10.4 Å². The number of carbonyl (C=O) groups is 1. The van der Waals surface area contributed by atoms with Crippen LogP contribution in [0.5, 0.6) is 0 Å². The molecule has 10 heteroatoms. The second-order valence-corrected chi connectivity index (χ2v) is 7.18. The van der Waals surface area contributed by atoms with E-state index in [2.05, 4.69) is 11.9 Å². The van der Waals surface area contributed by atoms with Crippen molar-refractivity contribution in [1.29, 1.82) is 0 Å². The third-order valence-electron chi connectivity index (χ3n) is 2.92. The molecule has 0 aliphatic carbocycles. The Morgan fingerprint density at radius 1 is 1.42 bits per heavy atom. The van der Waals surface area contributed by atoms with Gasteiger partial charge in [-0.15, -0.1) is 6.58 Å². The molecule has 1 aromatic carbocycles. The third kappa shape index (κ3) is 5.72. The van der Waals surface area contributed by atoms with Crippen molar-refractivity contribution in [3.05, 3.63) is 41.4 Å². The summed E-state index contributed by atoms with van der Waals surface area (Å²) in [6.07, 6.45) is -2.91. The number of amides is 1. The second kappa shape index (κ2) is 7.89. The Labute approximate surface area is 143 Å². The van der Waals surface area contributed by atoms with Crippen molar-refractivity contribution >= 4 is 33.2 Å². The maximum atomic E-state index is 13.2. The second-order valence-electron chi connectivity index (χ2n) is 4.84. The molecule has 0 aliphatic heterocycles. The van der Waals surface area contributed by atoms with Gasteiger partial charge in [0.15, 0.2) is 0 Å². The van der Waals surface area contributed by atoms with Gasteiger partial charge in [-0.05, 0) is 18.2 Å². The molecule has 0 bridgehead atoms. The highest BCUT2D eigenvalue weighted by Gasteiger charge is 2.37. The van der Waals surface area contributed by atoms with E-state index in [9.17, 15) is 26.4 Å². The van der Waals surface area contributed by atoms with E-state index in [-0.39, 0.29) is 18.0 Å². The van der Waals surface area contributed by atoms with Crippen molar-refractivity contribution in [3.63, 3.8) is 0 Å². The average molecular weight is 385 g/mol. The Morgan fingerprint density at radius 3 is 2.54 bits per heavy atom. The first-order valence-corrected chi connectivity index (χ1v) is 8.91. The number of rotatable bonds is 7. The summed E-state index contributed by atoms with van der Waals surface area (Å²) in [7, 11) is -4.04. The molecule has 1 aromatic rings. The molecule has 0 atom stereocenters. The van der Waals surface area contributed by atoms with Crippen LogP contribution in [0.15, 0.2) is 30.9 Å². The fourth-order valence-corrected chi connectivity index (χ4v) is 3.01. The summed E-state index contributed by atoms with van der Waals surface area (Å²) in [4.78, 5) is 11.6. The lowest BCUT2D eigenvalue weighted by atomic mass is 10.1. The van der Waals surface area contributed by atoms with Crippen molar-refractivity contribution in [2.45, 2.75) is 12.6 Å². The van der Waals surface area contributed by atoms with E-state index >= 15 is 0 Å². The van der Waals surface area contributed by atoms with Crippen molar-refractivity contribution in [2.24, 2.45) is 0 Å². The highest BCUT2D eigenvalue weighted by molar-refractivity contribution is 7.92. The Morgan fingerprint density at radius 2 is 2.04 bits per heavy atom. The minimum Gasteiger partial charge on any atom is -0.353 e. The van der Waals surface area contributed by atoms with Crippen LogP contribution in [0.1, 0.15) is 12.0 Å². The van der Waals surface area contributed by atoms with Crippen LogP contribution in [-0.4, -0.2) is 33.7 Å². The zero-order valence-electron chi connectivity index (χ0n) is 12.7. The molecule has 0 unspecified atom stereocenters. The normalized spacial score (nSPS) is 11.9. The van der Waals surface area contributed by atoms with Crippen LogP contribution in [0.3, 0.4) is 0 Å². The van der Waals surface area contributed by atoms with Gasteiger partial charge in [0, 0.05) is 24.5 Å². The molecule has 1 rings (SSSR count). The molecule has 0 fully saturated rings. The molecule has 0 aromatic heterocycles. The number of halogens is 4. The number of carbonyl (C=O) groups excluding carboxylic acids is 1. The molecular formula is C14H16ClF3N2O3S. The summed E-state index contributed by atoms with van der Waals surface area (Å²) in [5, 5.41) is 2.25. The van der Waals surface area contributed by atoms with E-state index in [1.165, 1.54) is 6.08 Å². The molecule has 5 nitrogen and oxygen atoms in total. The molecule has 0 saturated carbocycles. The van der Waals surface area contributed by atoms with Crippen LogP contribution in [0, 0.1) is 0 Å². The zero-order chi connectivity index (χ0) is 18.5. The van der Waals surface area contributed by atoms with Crippen molar-refractivity contribution in [2.75, 3.05) is 23.7 Å². The maximum Gasteiger partial charge on any atom is 0.418 e. The monoisotopic (exact) mass is 384 g/mol. The molecule has 1 N–H and O–H groups in total. The lowest BCUT2D eigenvalue weighted by Crippen LogP contribution is -2.36. The lowest BCUT2D eigenvalue weighted by molar-refractivity contribution is -0.137. The summed E-state index contributed by atoms with van der Waals surface area (Å²) < 4.78 is 63.9. The van der Waals surface area contributed by atoms with E-state index in [1.54, 1.807) is 0 Å². The molecule has 1 amide bonds. The van der Waals surface area contributed by atoms with E-state index < -0.39 is 39.9 Å². The van der Waals surface area contributed by atoms with Gasteiger partial charge in [-0.25, -0.2) is 8.42 Å². The Hall–Kier alpha value is -1.74. The van der Waals surface area contributed by atoms with Gasteiger partial charge in [-0.1, -0.05) is 17.7 Å². The fraction of sp³-hybridized carbons (Fsp3) is 0.357. The average Bonchev–Trinajstić information content (AvgIpc) is 2.44. The topological polar surface area (TPSA) is 66.5 Å². The summed E-state index contributed by atoms with van der Waals surface area (Å²) in [5.41, 5.74) is -1.77. The number of nitrogens with one attached hydrogen (secondary N) is 1. The number of hydrogen-bond acceptors (Lipinski definition) is 3. The summed E-state index contributed by atoms with van der Waals surface area (Å²) in [6, 6.07) is 2.77. The van der Waals surface area contributed by atoms with E-state index in [4.69, 9.17) is 11.6 Å². The van der Waals surface area contributed by atoms with Crippen molar-refractivity contribution < 1.29 is 26.4 Å². The molecule has 0 heterocycles. The molecule has 0 saturated heterocycles. The Bertz CT molecular complexity index is 720. The molecule has 0 spiro atoms. The highest BCUT2D eigenvalue weighted by atomic mass is 35.5. The van der Waals surface area contributed by atoms with Gasteiger partial charge >= 0.3 is 6.18 Å². The number of alkyl halides is 3. The van der Waals surface area contributed by atoms with Gasteiger partial charge in [-0.2, -0.15) is 13.2 Å². The van der Waals surface area contributed by atoms with Crippen molar-refractivity contribution in [3.8, 4) is 0 Å². The van der Waals surface area contributed by atoms with Crippen LogP contribution >= 0.6 is 11.6 Å². The highest BCUT2D eigenvalue weighted by Crippen LogP contribution is 2.39. The van der Waals surface area contributed by atoms with Crippen LogP contribution < -0.4 is 9.62 Å². The van der Waals surface area contributed by atoms with Gasteiger partial charge in [0.2, 0.25) is 15.9 Å². The van der Waals surface area contributed by atoms with Gasteiger partial charge in [0.25, 0.3) is 0 Å². The Kier molecular flexibility index (Phi) is 6.67. The smallest absolute Gasteiger partial charge is 0.353 e. The standard InChI is InChI=1S/C14H16ClF3N2O3S/c1-3-7-19-13(21)6-8-20(24(2,22)23)12-5-4-10(15)9-11(12)14(16,17)18/h3-5,9H,1,6-8H2,2H3,(H,19,21). The summed E-state index contributed by atoms with van der Waals surface area (Å²) >= 11 is 5.59. The Balaban J connectivity index is 3.20. The molecular weight excluding hydrogens is 369 g/mol. The maximum absolute atomic E-state index is 13.2. The number of hydrogen-bond donors (Lipinski definition) is 1. The van der Waals surface area contributed by atoms with Crippen LogP contribution in [0.2, 0.25) is 5.02 Å². The summed E-state index contributed by atoms with van der Waals surface area (Å²) in [5.74, 6) is -0.508. The zero-order valence-corrected chi connectivity index (χ0v) is 14.3. The first kappa shape index (κ1) is 20.3. The lowest BCUT2D eigenvalue weighted by Gasteiger charge is -2.25. The summed E-state index contributed by atoms with van der Waals surface area (Å²) in [6.45, 7) is 3.14. The number of sulfonamides is 1. The first-order chi connectivity index (χ1) is 11.0. The molecule has 0 radical (unpaired) electrons. The van der Waals surface area contributed by atoms with Gasteiger partial charge in [0.05, 0.1) is 17.5 Å². The quantitative estimate of drug-likeness (QED) is 0.735. The molecule has 134 valence electrons. The number of nitrogens with zero attached hydrogens (tertiary/aromatic N) is 1. The largest absolute Gasteiger partial charge is 0.418 e.